The van der Waals surface area contributed by atoms with Crippen LogP contribution in [0.1, 0.15) is 68.3 Å². The second kappa shape index (κ2) is 13.1. The van der Waals surface area contributed by atoms with Gasteiger partial charge in [0, 0.05) is 65.5 Å². The minimum absolute atomic E-state index is 0.112. The molecule has 7 rings (SSSR count). The van der Waals surface area contributed by atoms with Crippen LogP contribution in [0.5, 0.6) is 5.75 Å². The number of nitrogens with zero attached hydrogens (tertiary/aromatic N) is 5. The van der Waals surface area contributed by atoms with Gasteiger partial charge < -0.3 is 23.5 Å². The van der Waals surface area contributed by atoms with E-state index in [0.29, 0.717) is 42.3 Å². The lowest BCUT2D eigenvalue weighted by molar-refractivity contribution is 0.0602. The summed E-state index contributed by atoms with van der Waals surface area (Å²) in [6.07, 6.45) is 3.04. The number of para-hydroxylation sites is 1. The number of ether oxygens (including phenoxy) is 2. The summed E-state index contributed by atoms with van der Waals surface area (Å²) in [5.41, 5.74) is 10.2. The fourth-order valence-electron chi connectivity index (χ4n) is 7.87. The molecule has 51 heavy (non-hydrogen) atoms. The molecule has 3 aromatic carbocycles. The van der Waals surface area contributed by atoms with Gasteiger partial charge in [0.2, 0.25) is 0 Å². The Morgan fingerprint density at radius 1 is 0.980 bits per heavy atom. The average molecular weight is 727 g/mol. The summed E-state index contributed by atoms with van der Waals surface area (Å²) in [4.78, 5) is 29.6. The van der Waals surface area contributed by atoms with E-state index >= 15 is 4.79 Å². The van der Waals surface area contributed by atoms with Crippen molar-refractivity contribution in [3.8, 4) is 16.9 Å². The van der Waals surface area contributed by atoms with Crippen LogP contribution in [0.2, 0.25) is 10.0 Å². The van der Waals surface area contributed by atoms with Gasteiger partial charge in [-0.05, 0) is 88.4 Å². The lowest BCUT2D eigenvalue weighted by Crippen LogP contribution is -2.43. The maximum absolute atomic E-state index is 15.0. The Bertz CT molecular complexity index is 2380. The molecule has 1 atom stereocenters. The van der Waals surface area contributed by atoms with E-state index in [-0.39, 0.29) is 11.9 Å². The molecule has 0 aliphatic carbocycles. The van der Waals surface area contributed by atoms with E-state index in [9.17, 15) is 4.79 Å². The van der Waals surface area contributed by atoms with Crippen molar-refractivity contribution < 1.29 is 19.1 Å². The highest BCUT2D eigenvalue weighted by Crippen LogP contribution is 2.45. The Hall–Kier alpha value is -4.73. The smallest absolute Gasteiger partial charge is 0.340 e. The molecule has 0 fully saturated rings. The van der Waals surface area contributed by atoms with Crippen LogP contribution in [-0.2, 0) is 25.3 Å². The molecule has 1 aliphatic heterocycles. The highest BCUT2D eigenvalue weighted by Gasteiger charge is 2.37. The van der Waals surface area contributed by atoms with Crippen LogP contribution in [0.15, 0.2) is 48.7 Å². The number of hydrogen-bond donors (Lipinski definition) is 0. The zero-order valence-electron chi connectivity index (χ0n) is 30.1. The molecule has 11 heteroatoms. The number of benzene rings is 3. The van der Waals surface area contributed by atoms with Crippen molar-refractivity contribution in [2.45, 2.75) is 53.5 Å². The third-order valence-electron chi connectivity index (χ3n) is 10.2. The van der Waals surface area contributed by atoms with Gasteiger partial charge in [-0.25, -0.2) is 4.79 Å². The second-order valence-corrected chi connectivity index (χ2v) is 14.4. The number of esters is 1. The Balaban J connectivity index is 1.38. The number of fused-ring (bicyclic) bond motifs is 4. The monoisotopic (exact) mass is 725 g/mol. The quantitative estimate of drug-likeness (QED) is 0.116. The van der Waals surface area contributed by atoms with Gasteiger partial charge in [0.15, 0.2) is 0 Å². The Labute approximate surface area is 307 Å². The van der Waals surface area contributed by atoms with Crippen molar-refractivity contribution in [2.75, 3.05) is 25.2 Å². The number of rotatable bonds is 8. The van der Waals surface area contributed by atoms with Crippen molar-refractivity contribution in [1.82, 2.24) is 18.9 Å². The fourth-order valence-corrected chi connectivity index (χ4v) is 8.23. The highest BCUT2D eigenvalue weighted by atomic mass is 35.5. The van der Waals surface area contributed by atoms with E-state index in [1.54, 1.807) is 6.20 Å². The molecular formula is C40H41Cl2N5O4. The number of carbonyl (C=O) groups excluding carboxylic acids is 2. The highest BCUT2D eigenvalue weighted by molar-refractivity contribution is 6.35. The molecule has 9 nitrogen and oxygen atoms in total. The topological polar surface area (TPSA) is 83.5 Å². The molecule has 264 valence electrons. The third kappa shape index (κ3) is 5.58. The summed E-state index contributed by atoms with van der Waals surface area (Å²) in [5, 5.41) is 7.78. The van der Waals surface area contributed by atoms with Crippen LogP contribution in [0.4, 0.5) is 5.69 Å². The number of aromatic nitrogens is 4. The predicted octanol–water partition coefficient (Wildman–Crippen LogP) is 9.09. The van der Waals surface area contributed by atoms with Gasteiger partial charge in [-0.3, -0.25) is 9.48 Å². The summed E-state index contributed by atoms with van der Waals surface area (Å²) in [5.74, 6) is 0.238. The molecule has 0 saturated carbocycles. The normalized spacial score (nSPS) is 14.5. The zero-order valence-corrected chi connectivity index (χ0v) is 31.7. The number of halogens is 2. The van der Waals surface area contributed by atoms with Gasteiger partial charge in [-0.15, -0.1) is 0 Å². The van der Waals surface area contributed by atoms with Crippen LogP contribution in [0.3, 0.4) is 0 Å². The van der Waals surface area contributed by atoms with Crippen molar-refractivity contribution in [3.05, 3.63) is 98.0 Å². The van der Waals surface area contributed by atoms with E-state index in [1.807, 2.05) is 98.4 Å². The minimum atomic E-state index is -0.421. The van der Waals surface area contributed by atoms with E-state index in [0.717, 1.165) is 77.5 Å². The van der Waals surface area contributed by atoms with Gasteiger partial charge in [-0.1, -0.05) is 41.4 Å². The van der Waals surface area contributed by atoms with Crippen molar-refractivity contribution in [1.29, 1.82) is 0 Å². The molecule has 0 bridgehead atoms. The largest absolute Gasteiger partial charge is 0.494 e. The van der Waals surface area contributed by atoms with Crippen molar-refractivity contribution in [2.24, 2.45) is 14.1 Å². The molecule has 3 aromatic heterocycles. The number of aryl methyl sites for hydroxylation is 6. The fraction of sp³-hybridized carbons (Fsp3) is 0.325. The Morgan fingerprint density at radius 3 is 2.37 bits per heavy atom. The first-order chi connectivity index (χ1) is 24.3. The molecule has 0 radical (unpaired) electrons. The average Bonchev–Trinajstić information content (AvgIpc) is 3.71. The maximum atomic E-state index is 15.0. The molecule has 1 aliphatic rings. The van der Waals surface area contributed by atoms with Crippen LogP contribution in [0, 0.1) is 27.7 Å². The second-order valence-electron chi connectivity index (χ2n) is 13.6. The number of anilines is 1. The first-order valence-corrected chi connectivity index (χ1v) is 17.8. The lowest BCUT2D eigenvalue weighted by Gasteiger charge is -2.35. The van der Waals surface area contributed by atoms with E-state index in [2.05, 4.69) is 11.5 Å². The lowest BCUT2D eigenvalue weighted by atomic mass is 9.98. The first kappa shape index (κ1) is 34.7. The first-order valence-electron chi connectivity index (χ1n) is 17.1. The Morgan fingerprint density at radius 2 is 1.71 bits per heavy atom. The van der Waals surface area contributed by atoms with Crippen molar-refractivity contribution >= 4 is 62.6 Å². The Kier molecular flexibility index (Phi) is 8.92. The van der Waals surface area contributed by atoms with Crippen LogP contribution in [0.25, 0.3) is 32.9 Å². The van der Waals surface area contributed by atoms with Gasteiger partial charge in [-0.2, -0.15) is 5.10 Å². The van der Waals surface area contributed by atoms with Gasteiger partial charge >= 0.3 is 5.97 Å². The SMILES string of the molecule is COC(=O)c1cn(C)c2c(N3C[C@@H](C)n4c(c(CCCOc5cc(C)c(Cl)c(C)c5)c5ccc(Cl)c(-c6c(C)nn(C)c6C)c54)C3=O)cccc12. The van der Waals surface area contributed by atoms with Crippen LogP contribution in [-0.4, -0.2) is 51.1 Å². The summed E-state index contributed by atoms with van der Waals surface area (Å²) >= 11 is 13.5. The number of carbonyl (C=O) groups is 2. The number of hydrogen-bond acceptors (Lipinski definition) is 5. The predicted molar refractivity (Wildman–Crippen MR) is 204 cm³/mol. The molecule has 0 unspecified atom stereocenters. The minimum Gasteiger partial charge on any atom is -0.494 e. The molecular weight excluding hydrogens is 685 g/mol. The molecule has 0 saturated heterocycles. The summed E-state index contributed by atoms with van der Waals surface area (Å²) in [6.45, 7) is 11.0. The third-order valence-corrected chi connectivity index (χ3v) is 11.2. The maximum Gasteiger partial charge on any atom is 0.340 e. The number of methoxy groups -OCH3 is 1. The van der Waals surface area contributed by atoms with Crippen LogP contribution >= 0.6 is 23.2 Å². The number of amides is 1. The summed E-state index contributed by atoms with van der Waals surface area (Å²) < 4.78 is 17.2. The van der Waals surface area contributed by atoms with E-state index in [4.69, 9.17) is 37.8 Å². The van der Waals surface area contributed by atoms with E-state index < -0.39 is 5.97 Å². The molecule has 6 aromatic rings. The molecule has 1 amide bonds. The van der Waals surface area contributed by atoms with E-state index in [1.165, 1.54) is 7.11 Å². The summed E-state index contributed by atoms with van der Waals surface area (Å²) in [7, 11) is 5.19. The summed E-state index contributed by atoms with van der Waals surface area (Å²) in [6, 6.07) is 13.5. The zero-order chi connectivity index (χ0) is 36.5. The van der Waals surface area contributed by atoms with Crippen LogP contribution < -0.4 is 9.64 Å². The van der Waals surface area contributed by atoms with Gasteiger partial charge in [0.05, 0.1) is 46.7 Å². The molecule has 0 spiro atoms. The van der Waals surface area contributed by atoms with Crippen molar-refractivity contribution in [3.63, 3.8) is 0 Å². The van der Waals surface area contributed by atoms with Gasteiger partial charge in [0.25, 0.3) is 5.91 Å². The van der Waals surface area contributed by atoms with Gasteiger partial charge in [0.1, 0.15) is 11.4 Å². The molecule has 4 heterocycles. The standard InChI is InChI=1S/C40H41Cl2N5O4/c1-21-17-26(18-22(2)35(21)42)51-16-10-12-27-29-14-15-31(41)34(33-24(4)43-45(7)25(33)5)37(29)47-23(3)19-46(39(48)38(27)47)32-13-9-11-28-30(40(49)50-8)20-44(6)36(28)32/h9,11,13-15,17-18,20,23H,10,12,16,19H2,1-8H3/t23-/m1/s1. The molecule has 0 N–H and O–H groups in total.